The predicted molar refractivity (Wildman–Crippen MR) is 57.5 cm³/mol. The fourth-order valence-corrected chi connectivity index (χ4v) is 1.06. The standard InChI is InChI=1S/C11H22O4/c1-6-13-10(14-7-2)8-9(12)15-11(3,4)5/h10H,6-8H2,1-5H3. The number of carbonyl (C=O) groups excluding carboxylic acids is 1. The van der Waals surface area contributed by atoms with E-state index >= 15 is 0 Å². The van der Waals surface area contributed by atoms with Gasteiger partial charge in [-0.15, -0.1) is 0 Å². The van der Waals surface area contributed by atoms with Crippen LogP contribution in [0.25, 0.3) is 0 Å². The maximum atomic E-state index is 11.4. The molecule has 0 aliphatic carbocycles. The first-order valence-corrected chi connectivity index (χ1v) is 5.34. The molecule has 0 aromatic rings. The van der Waals surface area contributed by atoms with E-state index in [1.807, 2.05) is 34.6 Å². The summed E-state index contributed by atoms with van der Waals surface area (Å²) in [5.74, 6) is -0.297. The van der Waals surface area contributed by atoms with Gasteiger partial charge in [0.1, 0.15) is 5.60 Å². The molecule has 0 atom stereocenters. The second-order valence-corrected chi connectivity index (χ2v) is 4.13. The van der Waals surface area contributed by atoms with Crippen molar-refractivity contribution in [3.8, 4) is 0 Å². The first-order valence-electron chi connectivity index (χ1n) is 5.34. The summed E-state index contributed by atoms with van der Waals surface area (Å²) in [5, 5.41) is 0. The average molecular weight is 218 g/mol. The number of esters is 1. The minimum atomic E-state index is -0.491. The van der Waals surface area contributed by atoms with Crippen molar-refractivity contribution in [2.24, 2.45) is 0 Å². The Morgan fingerprint density at radius 1 is 1.13 bits per heavy atom. The minimum absolute atomic E-state index is 0.138. The van der Waals surface area contributed by atoms with Crippen molar-refractivity contribution >= 4 is 5.97 Å². The fourth-order valence-electron chi connectivity index (χ4n) is 1.06. The van der Waals surface area contributed by atoms with Gasteiger partial charge in [0.2, 0.25) is 0 Å². The lowest BCUT2D eigenvalue weighted by Crippen LogP contribution is -2.28. The lowest BCUT2D eigenvalue weighted by molar-refractivity contribution is -0.176. The Bertz CT molecular complexity index is 178. The number of ether oxygens (including phenoxy) is 3. The van der Waals surface area contributed by atoms with Gasteiger partial charge in [-0.1, -0.05) is 0 Å². The summed E-state index contributed by atoms with van der Waals surface area (Å²) >= 11 is 0. The molecule has 15 heavy (non-hydrogen) atoms. The van der Waals surface area contributed by atoms with E-state index in [0.29, 0.717) is 13.2 Å². The lowest BCUT2D eigenvalue weighted by Gasteiger charge is -2.22. The maximum Gasteiger partial charge on any atom is 0.311 e. The van der Waals surface area contributed by atoms with Crippen molar-refractivity contribution < 1.29 is 19.0 Å². The first-order chi connectivity index (χ1) is 6.89. The van der Waals surface area contributed by atoms with Crippen LogP contribution >= 0.6 is 0 Å². The third kappa shape index (κ3) is 8.39. The second kappa shape index (κ2) is 6.80. The van der Waals surface area contributed by atoms with Crippen LogP contribution in [0.1, 0.15) is 41.0 Å². The van der Waals surface area contributed by atoms with Crippen LogP contribution in [0.2, 0.25) is 0 Å². The molecule has 0 aliphatic heterocycles. The Morgan fingerprint density at radius 3 is 1.93 bits per heavy atom. The molecule has 0 aliphatic rings. The molecule has 0 radical (unpaired) electrons. The first kappa shape index (κ1) is 14.4. The zero-order valence-corrected chi connectivity index (χ0v) is 10.3. The van der Waals surface area contributed by atoms with Gasteiger partial charge in [-0.25, -0.2) is 0 Å². The van der Waals surface area contributed by atoms with Crippen molar-refractivity contribution in [1.82, 2.24) is 0 Å². The molecule has 0 fully saturated rings. The summed E-state index contributed by atoms with van der Waals surface area (Å²) < 4.78 is 15.7. The average Bonchev–Trinajstić information content (AvgIpc) is 2.00. The third-order valence-electron chi connectivity index (χ3n) is 1.46. The van der Waals surface area contributed by atoms with E-state index < -0.39 is 11.9 Å². The highest BCUT2D eigenvalue weighted by molar-refractivity contribution is 5.70. The van der Waals surface area contributed by atoms with Crippen molar-refractivity contribution in [3.05, 3.63) is 0 Å². The molecule has 0 amide bonds. The van der Waals surface area contributed by atoms with E-state index in [1.54, 1.807) is 0 Å². The molecule has 0 bridgehead atoms. The molecular formula is C11H22O4. The number of hydrogen-bond donors (Lipinski definition) is 0. The highest BCUT2D eigenvalue weighted by atomic mass is 16.7. The summed E-state index contributed by atoms with van der Waals surface area (Å²) in [6.07, 6.45) is -0.353. The monoisotopic (exact) mass is 218 g/mol. The van der Waals surface area contributed by atoms with Crippen LogP contribution in [0.3, 0.4) is 0 Å². The Kier molecular flexibility index (Phi) is 6.52. The molecule has 0 spiro atoms. The zero-order valence-electron chi connectivity index (χ0n) is 10.3. The highest BCUT2D eigenvalue weighted by Gasteiger charge is 2.20. The summed E-state index contributed by atoms with van der Waals surface area (Å²) in [5.41, 5.74) is -0.458. The SMILES string of the molecule is CCOC(CC(=O)OC(C)(C)C)OCC. The summed E-state index contributed by atoms with van der Waals surface area (Å²) in [6.45, 7) is 10.3. The lowest BCUT2D eigenvalue weighted by atomic mass is 10.2. The van der Waals surface area contributed by atoms with Gasteiger partial charge in [-0.05, 0) is 34.6 Å². The highest BCUT2D eigenvalue weighted by Crippen LogP contribution is 2.11. The van der Waals surface area contributed by atoms with Gasteiger partial charge >= 0.3 is 5.97 Å². The van der Waals surface area contributed by atoms with E-state index in [-0.39, 0.29) is 12.4 Å². The Hall–Kier alpha value is -0.610. The van der Waals surface area contributed by atoms with Crippen LogP contribution < -0.4 is 0 Å². The Balaban J connectivity index is 3.99. The van der Waals surface area contributed by atoms with Gasteiger partial charge in [0, 0.05) is 13.2 Å². The number of carbonyl (C=O) groups is 1. The van der Waals surface area contributed by atoms with Crippen LogP contribution in [0.5, 0.6) is 0 Å². The Morgan fingerprint density at radius 2 is 1.60 bits per heavy atom. The van der Waals surface area contributed by atoms with E-state index in [2.05, 4.69) is 0 Å². The normalized spacial score (nSPS) is 11.9. The van der Waals surface area contributed by atoms with E-state index in [9.17, 15) is 4.79 Å². The van der Waals surface area contributed by atoms with Gasteiger partial charge in [-0.2, -0.15) is 0 Å². The van der Waals surface area contributed by atoms with E-state index in [0.717, 1.165) is 0 Å². The molecule has 0 heterocycles. The predicted octanol–water partition coefficient (Wildman–Crippen LogP) is 2.12. The van der Waals surface area contributed by atoms with Gasteiger partial charge < -0.3 is 14.2 Å². The van der Waals surface area contributed by atoms with Crippen molar-refractivity contribution in [2.45, 2.75) is 52.9 Å². The number of rotatable bonds is 6. The van der Waals surface area contributed by atoms with Crippen LogP contribution in [0.15, 0.2) is 0 Å². The van der Waals surface area contributed by atoms with Gasteiger partial charge in [-0.3, -0.25) is 4.79 Å². The zero-order chi connectivity index (χ0) is 11.9. The molecule has 0 N–H and O–H groups in total. The van der Waals surface area contributed by atoms with Crippen LogP contribution in [-0.2, 0) is 19.0 Å². The topological polar surface area (TPSA) is 44.8 Å². The summed E-state index contributed by atoms with van der Waals surface area (Å²) in [6, 6.07) is 0. The quantitative estimate of drug-likeness (QED) is 0.506. The summed E-state index contributed by atoms with van der Waals surface area (Å²) in [7, 11) is 0. The second-order valence-electron chi connectivity index (χ2n) is 4.13. The maximum absolute atomic E-state index is 11.4. The fraction of sp³-hybridized carbons (Fsp3) is 0.909. The largest absolute Gasteiger partial charge is 0.460 e. The van der Waals surface area contributed by atoms with Gasteiger partial charge in [0.25, 0.3) is 0 Å². The van der Waals surface area contributed by atoms with Crippen LogP contribution in [0, 0.1) is 0 Å². The summed E-state index contributed by atoms with van der Waals surface area (Å²) in [4.78, 5) is 11.4. The number of hydrogen-bond acceptors (Lipinski definition) is 4. The van der Waals surface area contributed by atoms with E-state index in [4.69, 9.17) is 14.2 Å². The third-order valence-corrected chi connectivity index (χ3v) is 1.46. The minimum Gasteiger partial charge on any atom is -0.460 e. The molecule has 4 heteroatoms. The van der Waals surface area contributed by atoms with Gasteiger partial charge in [0.05, 0.1) is 6.42 Å². The van der Waals surface area contributed by atoms with Crippen LogP contribution in [0.4, 0.5) is 0 Å². The smallest absolute Gasteiger partial charge is 0.311 e. The Labute approximate surface area is 91.9 Å². The molecular weight excluding hydrogens is 196 g/mol. The van der Waals surface area contributed by atoms with Crippen molar-refractivity contribution in [2.75, 3.05) is 13.2 Å². The van der Waals surface area contributed by atoms with Gasteiger partial charge in [0.15, 0.2) is 6.29 Å². The molecule has 90 valence electrons. The van der Waals surface area contributed by atoms with E-state index in [1.165, 1.54) is 0 Å². The van der Waals surface area contributed by atoms with Crippen LogP contribution in [-0.4, -0.2) is 31.1 Å². The van der Waals surface area contributed by atoms with Crippen molar-refractivity contribution in [1.29, 1.82) is 0 Å². The molecule has 0 saturated heterocycles. The van der Waals surface area contributed by atoms with Crippen molar-refractivity contribution in [3.63, 3.8) is 0 Å². The molecule has 0 unspecified atom stereocenters. The molecule has 0 saturated carbocycles. The molecule has 4 nitrogen and oxygen atoms in total. The molecule has 0 aromatic carbocycles. The molecule has 0 aromatic heterocycles. The molecule has 0 rings (SSSR count).